The van der Waals surface area contributed by atoms with Gasteiger partial charge in [0.1, 0.15) is 18.1 Å². The molecule has 0 heterocycles. The smallest absolute Gasteiger partial charge is 0.277 e. The molecular formula is C22H17Cl3N2O3. The summed E-state index contributed by atoms with van der Waals surface area (Å²) in [4.78, 5) is 11.8. The maximum Gasteiger partial charge on any atom is 0.277 e. The van der Waals surface area contributed by atoms with Gasteiger partial charge in [0.2, 0.25) is 0 Å². The molecule has 0 aliphatic rings. The Morgan fingerprint density at radius 2 is 1.70 bits per heavy atom. The lowest BCUT2D eigenvalue weighted by Gasteiger charge is -2.08. The molecule has 30 heavy (non-hydrogen) atoms. The minimum atomic E-state index is -0.429. The third kappa shape index (κ3) is 6.66. The van der Waals surface area contributed by atoms with Crippen LogP contribution in [-0.2, 0) is 11.4 Å². The number of hydrogen-bond acceptors (Lipinski definition) is 4. The van der Waals surface area contributed by atoms with Gasteiger partial charge in [-0.05, 0) is 48.0 Å². The highest BCUT2D eigenvalue weighted by Gasteiger charge is 2.06. The van der Waals surface area contributed by atoms with Gasteiger partial charge in [0, 0.05) is 21.7 Å². The number of amides is 1. The van der Waals surface area contributed by atoms with E-state index in [1.165, 1.54) is 12.3 Å². The predicted molar refractivity (Wildman–Crippen MR) is 120 cm³/mol. The van der Waals surface area contributed by atoms with Crippen molar-refractivity contribution >= 4 is 46.9 Å². The topological polar surface area (TPSA) is 59.9 Å². The van der Waals surface area contributed by atoms with Crippen molar-refractivity contribution in [2.75, 3.05) is 6.61 Å². The van der Waals surface area contributed by atoms with Crippen molar-refractivity contribution in [3.63, 3.8) is 0 Å². The van der Waals surface area contributed by atoms with Gasteiger partial charge in [0.05, 0.1) is 11.2 Å². The summed E-state index contributed by atoms with van der Waals surface area (Å²) in [6, 6.07) is 19.5. The normalized spacial score (nSPS) is 10.8. The third-order valence-electron chi connectivity index (χ3n) is 3.89. The Morgan fingerprint density at radius 1 is 0.933 bits per heavy atom. The molecule has 5 nitrogen and oxygen atoms in total. The summed E-state index contributed by atoms with van der Waals surface area (Å²) in [6.45, 7) is 0.131. The molecule has 154 valence electrons. The van der Waals surface area contributed by atoms with Crippen LogP contribution in [0.2, 0.25) is 15.1 Å². The van der Waals surface area contributed by atoms with Crippen LogP contribution < -0.4 is 14.9 Å². The zero-order chi connectivity index (χ0) is 21.3. The average molecular weight is 464 g/mol. The summed E-state index contributed by atoms with van der Waals surface area (Å²) in [7, 11) is 0. The predicted octanol–water partition coefficient (Wildman–Crippen LogP) is 5.75. The molecule has 3 aromatic rings. The summed E-state index contributed by atoms with van der Waals surface area (Å²) < 4.78 is 11.1. The molecule has 1 amide bonds. The van der Waals surface area contributed by atoms with Gasteiger partial charge in [0.25, 0.3) is 5.91 Å². The second-order valence-electron chi connectivity index (χ2n) is 6.11. The molecule has 1 N–H and O–H groups in total. The molecule has 0 atom stereocenters. The number of ether oxygens (including phenoxy) is 2. The SMILES string of the molecule is O=C(COc1cc(Cl)ccc1Cl)N/N=C/c1ccc(OCc2ccccc2Cl)cc1. The Hall–Kier alpha value is -2.73. The molecular weight excluding hydrogens is 447 g/mol. The van der Waals surface area contributed by atoms with E-state index in [1.807, 2.05) is 48.5 Å². The zero-order valence-corrected chi connectivity index (χ0v) is 17.9. The quantitative estimate of drug-likeness (QED) is 0.341. The van der Waals surface area contributed by atoms with Gasteiger partial charge in [-0.1, -0.05) is 53.0 Å². The van der Waals surface area contributed by atoms with Crippen LogP contribution in [0.4, 0.5) is 0 Å². The first kappa shape index (κ1) is 22.0. The lowest BCUT2D eigenvalue weighted by molar-refractivity contribution is -0.123. The van der Waals surface area contributed by atoms with Crippen molar-refractivity contribution in [3.05, 3.63) is 92.9 Å². The van der Waals surface area contributed by atoms with Gasteiger partial charge in [0.15, 0.2) is 6.61 Å². The number of carbonyl (C=O) groups is 1. The van der Waals surface area contributed by atoms with Crippen molar-refractivity contribution in [1.29, 1.82) is 0 Å². The van der Waals surface area contributed by atoms with E-state index in [1.54, 1.807) is 12.1 Å². The van der Waals surface area contributed by atoms with Crippen LogP contribution >= 0.6 is 34.8 Å². The maximum atomic E-state index is 11.8. The summed E-state index contributed by atoms with van der Waals surface area (Å²) >= 11 is 18.0. The van der Waals surface area contributed by atoms with Gasteiger partial charge in [-0.15, -0.1) is 0 Å². The van der Waals surface area contributed by atoms with Crippen molar-refractivity contribution in [2.45, 2.75) is 6.61 Å². The van der Waals surface area contributed by atoms with Crippen molar-refractivity contribution in [2.24, 2.45) is 5.10 Å². The number of benzene rings is 3. The van der Waals surface area contributed by atoms with Crippen LogP contribution in [0.5, 0.6) is 11.5 Å². The van der Waals surface area contributed by atoms with Gasteiger partial charge in [-0.25, -0.2) is 5.43 Å². The van der Waals surface area contributed by atoms with Crippen LogP contribution in [0.25, 0.3) is 0 Å². The van der Waals surface area contributed by atoms with E-state index in [4.69, 9.17) is 44.3 Å². The molecule has 0 aromatic heterocycles. The molecule has 0 aliphatic heterocycles. The van der Waals surface area contributed by atoms with Crippen LogP contribution in [0.15, 0.2) is 71.8 Å². The van der Waals surface area contributed by atoms with E-state index < -0.39 is 5.91 Å². The Morgan fingerprint density at radius 3 is 2.47 bits per heavy atom. The molecule has 8 heteroatoms. The standard InChI is InChI=1S/C22H17Cl3N2O3/c23-17-7-10-20(25)21(11-17)30-14-22(28)27-26-12-15-5-8-18(9-6-15)29-13-16-3-1-2-4-19(16)24/h1-12H,13-14H2,(H,27,28)/b26-12+. The van der Waals surface area contributed by atoms with Crippen molar-refractivity contribution in [3.8, 4) is 11.5 Å². The molecule has 0 fully saturated rings. The summed E-state index contributed by atoms with van der Waals surface area (Å²) in [6.07, 6.45) is 1.52. The summed E-state index contributed by atoms with van der Waals surface area (Å²) in [5, 5.41) is 5.41. The number of nitrogens with zero attached hydrogens (tertiary/aromatic N) is 1. The molecule has 0 saturated heterocycles. The molecule has 0 bridgehead atoms. The van der Waals surface area contributed by atoms with Gasteiger partial charge in [-0.3, -0.25) is 4.79 Å². The van der Waals surface area contributed by atoms with Gasteiger partial charge >= 0.3 is 0 Å². The first-order chi connectivity index (χ1) is 14.5. The number of halogens is 3. The number of hydrogen-bond donors (Lipinski definition) is 1. The van der Waals surface area contributed by atoms with E-state index in [9.17, 15) is 4.79 Å². The fourth-order valence-corrected chi connectivity index (χ4v) is 2.89. The fourth-order valence-electron chi connectivity index (χ4n) is 2.37. The Balaban J connectivity index is 1.45. The highest BCUT2D eigenvalue weighted by Crippen LogP contribution is 2.27. The third-order valence-corrected chi connectivity index (χ3v) is 4.80. The highest BCUT2D eigenvalue weighted by atomic mass is 35.5. The Bertz CT molecular complexity index is 1040. The summed E-state index contributed by atoms with van der Waals surface area (Å²) in [5.41, 5.74) is 4.09. The molecule has 0 spiro atoms. The van der Waals surface area contributed by atoms with E-state index in [2.05, 4.69) is 10.5 Å². The summed E-state index contributed by atoms with van der Waals surface area (Å²) in [5.74, 6) is 0.598. The molecule has 0 saturated carbocycles. The Labute approximate surface area is 189 Å². The lowest BCUT2D eigenvalue weighted by atomic mass is 10.2. The van der Waals surface area contributed by atoms with E-state index in [0.29, 0.717) is 33.2 Å². The number of carbonyl (C=O) groups excluding carboxylic acids is 1. The number of hydrazone groups is 1. The molecule has 3 rings (SSSR count). The number of rotatable bonds is 8. The van der Waals surface area contributed by atoms with E-state index in [-0.39, 0.29) is 6.61 Å². The largest absolute Gasteiger partial charge is 0.489 e. The van der Waals surface area contributed by atoms with E-state index >= 15 is 0 Å². The highest BCUT2D eigenvalue weighted by molar-refractivity contribution is 6.34. The Kier molecular flexibility index (Phi) is 7.97. The van der Waals surface area contributed by atoms with Crippen LogP contribution in [0, 0.1) is 0 Å². The van der Waals surface area contributed by atoms with E-state index in [0.717, 1.165) is 11.1 Å². The van der Waals surface area contributed by atoms with Crippen molar-refractivity contribution < 1.29 is 14.3 Å². The molecule has 0 aliphatic carbocycles. The maximum absolute atomic E-state index is 11.8. The second kappa shape index (κ2) is 10.9. The number of nitrogens with one attached hydrogen (secondary N) is 1. The first-order valence-electron chi connectivity index (χ1n) is 8.87. The molecule has 0 unspecified atom stereocenters. The van der Waals surface area contributed by atoms with Crippen LogP contribution in [0.3, 0.4) is 0 Å². The lowest BCUT2D eigenvalue weighted by Crippen LogP contribution is -2.24. The minimum absolute atomic E-state index is 0.244. The second-order valence-corrected chi connectivity index (χ2v) is 7.36. The van der Waals surface area contributed by atoms with Crippen LogP contribution in [-0.4, -0.2) is 18.7 Å². The fraction of sp³-hybridized carbons (Fsp3) is 0.0909. The van der Waals surface area contributed by atoms with Crippen LogP contribution in [0.1, 0.15) is 11.1 Å². The monoisotopic (exact) mass is 462 g/mol. The van der Waals surface area contributed by atoms with Gasteiger partial charge in [-0.2, -0.15) is 5.10 Å². The minimum Gasteiger partial charge on any atom is -0.489 e. The molecule has 3 aromatic carbocycles. The zero-order valence-electron chi connectivity index (χ0n) is 15.6. The first-order valence-corrected chi connectivity index (χ1v) is 10.0. The molecule has 0 radical (unpaired) electrons. The average Bonchev–Trinajstić information content (AvgIpc) is 2.75. The van der Waals surface area contributed by atoms with Gasteiger partial charge < -0.3 is 9.47 Å². The van der Waals surface area contributed by atoms with Crippen molar-refractivity contribution in [1.82, 2.24) is 5.43 Å².